The van der Waals surface area contributed by atoms with Gasteiger partial charge < -0.3 is 19.9 Å². The third kappa shape index (κ3) is 3.52. The average molecular weight is 335 g/mol. The fraction of sp³-hybridized carbons (Fsp3) is 0.526. The molecule has 3 fully saturated rings. The summed E-state index contributed by atoms with van der Waals surface area (Å²) in [4.78, 5) is 14.1. The van der Waals surface area contributed by atoms with Gasteiger partial charge in [-0.15, -0.1) is 0 Å². The zero-order valence-electron chi connectivity index (χ0n) is 14.2. The van der Waals surface area contributed by atoms with E-state index in [9.17, 15) is 9.90 Å². The molecule has 1 unspecified atom stereocenters. The van der Waals surface area contributed by atoms with Gasteiger partial charge in [0.25, 0.3) is 0 Å². The number of hydrogen-bond donors (Lipinski definition) is 2. The molecule has 2 aromatic rings. The number of fused-ring (bicyclic) bond motifs is 4. The summed E-state index contributed by atoms with van der Waals surface area (Å²) < 4.78 is 2.03. The first-order valence-corrected chi connectivity index (χ1v) is 8.89. The molecule has 0 amide bonds. The van der Waals surface area contributed by atoms with Crippen molar-refractivity contribution in [2.45, 2.75) is 25.3 Å². The van der Waals surface area contributed by atoms with Gasteiger partial charge >= 0.3 is 24.8 Å². The molecule has 0 aliphatic carbocycles. The quantitative estimate of drug-likeness (QED) is 0.812. The van der Waals surface area contributed by atoms with Crippen molar-refractivity contribution in [3.05, 3.63) is 35.5 Å². The number of rotatable bonds is 5. The second kappa shape index (κ2) is 7.55. The molecule has 5 nitrogen and oxygen atoms in total. The fourth-order valence-electron chi connectivity index (χ4n) is 4.50. The van der Waals surface area contributed by atoms with Gasteiger partial charge in [0.15, 0.2) is 0 Å². The van der Waals surface area contributed by atoms with Crippen LogP contribution in [0.15, 0.2) is 24.4 Å². The Balaban J connectivity index is 0.00000182. The van der Waals surface area contributed by atoms with Crippen LogP contribution in [0.5, 0.6) is 0 Å². The number of aromatic nitrogens is 1. The Morgan fingerprint density at radius 3 is 2.72 bits per heavy atom. The number of benzene rings is 1. The summed E-state index contributed by atoms with van der Waals surface area (Å²) in [5.41, 5.74) is 2.53. The van der Waals surface area contributed by atoms with E-state index in [-0.39, 0.29) is 18.9 Å². The second-order valence-electron chi connectivity index (χ2n) is 7.22. The minimum atomic E-state index is -0.849. The molecule has 1 aromatic heterocycles. The van der Waals surface area contributed by atoms with Crippen molar-refractivity contribution in [2.24, 2.45) is 13.0 Å². The van der Waals surface area contributed by atoms with Gasteiger partial charge in [-0.05, 0) is 62.5 Å². The standard InChI is InChI=1S/C19H25N3O2.Li.H/c1-21-11-14(18-15(19(23)24)3-2-4-17(18)21)5-8-20-16-12-22-9-6-13(16)7-10-22;;/h2-4,11,13,16,20H,5-10,12H2,1H3,(H,23,24);;. The van der Waals surface area contributed by atoms with Gasteiger partial charge in [0.1, 0.15) is 0 Å². The first-order valence-electron chi connectivity index (χ1n) is 8.89. The van der Waals surface area contributed by atoms with Gasteiger partial charge in [-0.2, -0.15) is 0 Å². The van der Waals surface area contributed by atoms with Crippen molar-refractivity contribution in [2.75, 3.05) is 26.2 Å². The molecule has 3 aliphatic heterocycles. The van der Waals surface area contributed by atoms with Crippen LogP contribution in [-0.2, 0) is 13.5 Å². The van der Waals surface area contributed by atoms with Gasteiger partial charge in [0, 0.05) is 36.7 Å². The van der Waals surface area contributed by atoms with Gasteiger partial charge in [-0.1, -0.05) is 6.07 Å². The Labute approximate surface area is 160 Å². The van der Waals surface area contributed by atoms with E-state index in [0.717, 1.165) is 35.3 Å². The summed E-state index contributed by atoms with van der Waals surface area (Å²) in [5, 5.41) is 14.1. The SMILES string of the molecule is Cn1cc(CCNC2CN3CCC2CC3)c2c(C(=O)O)cccc21.[LiH]. The Bertz CT molecular complexity index is 765. The van der Waals surface area contributed by atoms with Crippen molar-refractivity contribution in [3.8, 4) is 0 Å². The van der Waals surface area contributed by atoms with Crippen LogP contribution in [0.25, 0.3) is 10.9 Å². The van der Waals surface area contributed by atoms with Crippen LogP contribution in [0.3, 0.4) is 0 Å². The van der Waals surface area contributed by atoms with E-state index in [4.69, 9.17) is 0 Å². The van der Waals surface area contributed by atoms with Crippen LogP contribution in [-0.4, -0.2) is 71.6 Å². The molecule has 3 saturated heterocycles. The van der Waals surface area contributed by atoms with Gasteiger partial charge in [0.2, 0.25) is 0 Å². The Morgan fingerprint density at radius 1 is 1.32 bits per heavy atom. The number of nitrogens with zero attached hydrogens (tertiary/aromatic N) is 2. The van der Waals surface area contributed by atoms with E-state index in [1.165, 1.54) is 32.5 Å². The Kier molecular flexibility index (Phi) is 5.60. The van der Waals surface area contributed by atoms with E-state index < -0.39 is 5.97 Å². The molecule has 0 spiro atoms. The normalized spacial score (nSPS) is 25.1. The second-order valence-corrected chi connectivity index (χ2v) is 7.22. The number of piperidine rings is 3. The Hall–Kier alpha value is -1.25. The number of carboxylic acids is 1. The average Bonchev–Trinajstić information content (AvgIpc) is 2.92. The zero-order chi connectivity index (χ0) is 16.7. The van der Waals surface area contributed by atoms with Gasteiger partial charge in [-0.25, -0.2) is 4.79 Å². The molecule has 3 aliphatic rings. The van der Waals surface area contributed by atoms with Gasteiger partial charge in [-0.3, -0.25) is 0 Å². The summed E-state index contributed by atoms with van der Waals surface area (Å²) in [7, 11) is 1.98. The summed E-state index contributed by atoms with van der Waals surface area (Å²) in [6, 6.07) is 6.11. The predicted molar refractivity (Wildman–Crippen MR) is 102 cm³/mol. The molecule has 2 bridgehead atoms. The number of carboxylic acid groups (broad SMARTS) is 1. The molecular formula is C19H26LiN3O2. The molecule has 1 aromatic carbocycles. The Morgan fingerprint density at radius 2 is 2.08 bits per heavy atom. The predicted octanol–water partition coefficient (Wildman–Crippen LogP) is 1.45. The van der Waals surface area contributed by atoms with E-state index >= 15 is 0 Å². The first kappa shape index (κ1) is 18.5. The zero-order valence-corrected chi connectivity index (χ0v) is 14.2. The van der Waals surface area contributed by atoms with Crippen LogP contribution < -0.4 is 5.32 Å². The van der Waals surface area contributed by atoms with Gasteiger partial charge in [0.05, 0.1) is 5.56 Å². The van der Waals surface area contributed by atoms with Crippen molar-refractivity contribution in [1.29, 1.82) is 0 Å². The molecule has 25 heavy (non-hydrogen) atoms. The van der Waals surface area contributed by atoms with Crippen molar-refractivity contribution >= 4 is 35.7 Å². The molecule has 0 saturated carbocycles. The number of aryl methyl sites for hydroxylation is 1. The molecule has 6 heteroatoms. The van der Waals surface area contributed by atoms with Crippen molar-refractivity contribution < 1.29 is 9.90 Å². The van der Waals surface area contributed by atoms with E-state index in [1.807, 2.05) is 23.7 Å². The maximum atomic E-state index is 11.6. The van der Waals surface area contributed by atoms with Crippen LogP contribution in [0, 0.1) is 5.92 Å². The number of carbonyl (C=O) groups is 1. The van der Waals surface area contributed by atoms with Crippen molar-refractivity contribution in [3.63, 3.8) is 0 Å². The molecular weight excluding hydrogens is 309 g/mol. The summed E-state index contributed by atoms with van der Waals surface area (Å²) in [5.74, 6) is -0.0319. The maximum absolute atomic E-state index is 11.6. The van der Waals surface area contributed by atoms with Crippen molar-refractivity contribution in [1.82, 2.24) is 14.8 Å². The molecule has 130 valence electrons. The fourth-order valence-corrected chi connectivity index (χ4v) is 4.50. The first-order chi connectivity index (χ1) is 11.6. The summed E-state index contributed by atoms with van der Waals surface area (Å²) in [6.07, 6.45) is 5.57. The minimum absolute atomic E-state index is 0. The molecule has 2 N–H and O–H groups in total. The summed E-state index contributed by atoms with van der Waals surface area (Å²) in [6.45, 7) is 4.59. The summed E-state index contributed by atoms with van der Waals surface area (Å²) >= 11 is 0. The number of nitrogens with one attached hydrogen (secondary N) is 1. The topological polar surface area (TPSA) is 57.5 Å². The molecule has 5 rings (SSSR count). The van der Waals surface area contributed by atoms with Crippen LogP contribution >= 0.6 is 0 Å². The van der Waals surface area contributed by atoms with Crippen LogP contribution in [0.2, 0.25) is 0 Å². The molecule has 1 atom stereocenters. The number of aromatic carboxylic acids is 1. The molecule has 4 heterocycles. The number of hydrogen-bond acceptors (Lipinski definition) is 3. The van der Waals surface area contributed by atoms with E-state index in [0.29, 0.717) is 11.6 Å². The molecule has 0 radical (unpaired) electrons. The van der Waals surface area contributed by atoms with Crippen LogP contribution in [0.4, 0.5) is 0 Å². The van der Waals surface area contributed by atoms with Crippen LogP contribution in [0.1, 0.15) is 28.8 Å². The van der Waals surface area contributed by atoms with E-state index in [1.54, 1.807) is 6.07 Å². The van der Waals surface area contributed by atoms with E-state index in [2.05, 4.69) is 16.4 Å². The third-order valence-corrected chi connectivity index (χ3v) is 5.78. The monoisotopic (exact) mass is 335 g/mol. The third-order valence-electron chi connectivity index (χ3n) is 5.78.